The van der Waals surface area contributed by atoms with Gasteiger partial charge in [-0.2, -0.15) is 0 Å². The first-order valence-electron chi connectivity index (χ1n) is 7.44. The summed E-state index contributed by atoms with van der Waals surface area (Å²) in [6, 6.07) is 15.1. The number of para-hydroxylation sites is 1. The van der Waals surface area contributed by atoms with Gasteiger partial charge in [-0.05, 0) is 43.3 Å². The lowest BCUT2D eigenvalue weighted by atomic mass is 10.1. The fourth-order valence-corrected chi connectivity index (χ4v) is 2.91. The van der Waals surface area contributed by atoms with Crippen LogP contribution >= 0.6 is 0 Å². The number of sulfonamides is 1. The van der Waals surface area contributed by atoms with Gasteiger partial charge in [0.15, 0.2) is 0 Å². The van der Waals surface area contributed by atoms with Gasteiger partial charge in [-0.1, -0.05) is 18.2 Å². The van der Waals surface area contributed by atoms with Crippen molar-refractivity contribution in [3.8, 4) is 22.6 Å². The summed E-state index contributed by atoms with van der Waals surface area (Å²) in [5.41, 5.74) is 1.42. The van der Waals surface area contributed by atoms with Gasteiger partial charge in [0.2, 0.25) is 10.0 Å². The number of hydrogen-bond donors (Lipinski definition) is 2. The summed E-state index contributed by atoms with van der Waals surface area (Å²) in [4.78, 5) is 14.2. The van der Waals surface area contributed by atoms with Crippen LogP contribution in [0.4, 0.5) is 0 Å². The minimum absolute atomic E-state index is 0.0354. The van der Waals surface area contributed by atoms with E-state index in [1.54, 1.807) is 31.2 Å². The topological polar surface area (TPSA) is 102 Å². The molecule has 7 heteroatoms. The maximum atomic E-state index is 11.7. The number of hydrogen-bond acceptors (Lipinski definition) is 4. The Bertz CT molecular complexity index is 1070. The lowest BCUT2D eigenvalue weighted by molar-refractivity contribution is 0.484. The Morgan fingerprint density at radius 2 is 1.76 bits per heavy atom. The molecule has 1 heterocycles. The Balaban J connectivity index is 2.17. The van der Waals surface area contributed by atoms with E-state index < -0.39 is 10.0 Å². The van der Waals surface area contributed by atoms with Gasteiger partial charge in [-0.15, -0.1) is 0 Å². The molecule has 6 nitrogen and oxygen atoms in total. The van der Waals surface area contributed by atoms with Crippen molar-refractivity contribution in [2.24, 2.45) is 5.14 Å². The minimum Gasteiger partial charge on any atom is -0.457 e. The SMILES string of the molecule is Cc1cc(-c2cc(S(N)(=O)=O)ccc2Oc2ccccc2)c[nH]c1=O. The third-order valence-corrected chi connectivity index (χ3v) is 4.56. The summed E-state index contributed by atoms with van der Waals surface area (Å²) in [6.45, 7) is 1.67. The molecule has 0 unspecified atom stereocenters. The molecule has 0 spiro atoms. The predicted molar refractivity (Wildman–Crippen MR) is 95.1 cm³/mol. The summed E-state index contributed by atoms with van der Waals surface area (Å²) in [7, 11) is -3.87. The number of aromatic amines is 1. The molecular formula is C18H16N2O4S. The highest BCUT2D eigenvalue weighted by molar-refractivity contribution is 7.89. The van der Waals surface area contributed by atoms with Gasteiger partial charge in [-0.3, -0.25) is 4.79 Å². The van der Waals surface area contributed by atoms with E-state index in [1.807, 2.05) is 18.2 Å². The van der Waals surface area contributed by atoms with Crippen LogP contribution in [0.1, 0.15) is 5.56 Å². The second-order valence-corrected chi connectivity index (χ2v) is 7.08. The van der Waals surface area contributed by atoms with Crippen LogP contribution in [0, 0.1) is 6.92 Å². The van der Waals surface area contributed by atoms with Gasteiger partial charge in [0.25, 0.3) is 5.56 Å². The number of nitrogens with one attached hydrogen (secondary N) is 1. The van der Waals surface area contributed by atoms with E-state index in [1.165, 1.54) is 18.3 Å². The third-order valence-electron chi connectivity index (χ3n) is 3.65. The highest BCUT2D eigenvalue weighted by atomic mass is 32.2. The Morgan fingerprint density at radius 3 is 2.40 bits per heavy atom. The molecule has 128 valence electrons. The zero-order chi connectivity index (χ0) is 18.0. The first kappa shape index (κ1) is 16.9. The summed E-state index contributed by atoms with van der Waals surface area (Å²) in [5.74, 6) is 1.05. The van der Waals surface area contributed by atoms with Crippen molar-refractivity contribution >= 4 is 10.0 Å². The van der Waals surface area contributed by atoms with Crippen molar-refractivity contribution in [2.45, 2.75) is 11.8 Å². The molecule has 25 heavy (non-hydrogen) atoms. The molecule has 0 aliphatic carbocycles. The normalized spacial score (nSPS) is 11.3. The molecule has 0 aliphatic heterocycles. The van der Waals surface area contributed by atoms with Crippen molar-refractivity contribution in [1.29, 1.82) is 0 Å². The molecule has 3 aromatic rings. The average Bonchev–Trinajstić information content (AvgIpc) is 2.58. The van der Waals surface area contributed by atoms with Crippen LogP contribution < -0.4 is 15.4 Å². The van der Waals surface area contributed by atoms with E-state index in [0.29, 0.717) is 28.2 Å². The lowest BCUT2D eigenvalue weighted by Crippen LogP contribution is -2.12. The summed E-state index contributed by atoms with van der Waals surface area (Å²) >= 11 is 0. The van der Waals surface area contributed by atoms with Crippen molar-refractivity contribution < 1.29 is 13.2 Å². The predicted octanol–water partition coefficient (Wildman–Crippen LogP) is 2.79. The van der Waals surface area contributed by atoms with Gasteiger partial charge in [0, 0.05) is 22.9 Å². The Hall–Kier alpha value is -2.90. The zero-order valence-electron chi connectivity index (χ0n) is 13.4. The molecule has 0 radical (unpaired) electrons. The largest absolute Gasteiger partial charge is 0.457 e. The number of rotatable bonds is 4. The molecule has 0 saturated heterocycles. The number of ether oxygens (including phenoxy) is 1. The van der Waals surface area contributed by atoms with Crippen LogP contribution in [0.25, 0.3) is 11.1 Å². The fourth-order valence-electron chi connectivity index (χ4n) is 2.37. The van der Waals surface area contributed by atoms with E-state index in [0.717, 1.165) is 0 Å². The molecule has 0 bridgehead atoms. The molecule has 0 aliphatic rings. The Morgan fingerprint density at radius 1 is 1.04 bits per heavy atom. The standard InChI is InChI=1S/C18H16N2O4S/c1-12-9-13(11-20-18(12)21)16-10-15(25(19,22)23)7-8-17(16)24-14-5-3-2-4-6-14/h2-11H,1H3,(H,20,21)(H2,19,22,23). The maximum absolute atomic E-state index is 11.7. The van der Waals surface area contributed by atoms with Crippen molar-refractivity contribution in [3.63, 3.8) is 0 Å². The molecule has 3 N–H and O–H groups in total. The number of aryl methyl sites for hydroxylation is 1. The maximum Gasteiger partial charge on any atom is 0.250 e. The van der Waals surface area contributed by atoms with Crippen molar-refractivity contribution in [3.05, 3.63) is 76.7 Å². The molecule has 0 atom stereocenters. The van der Waals surface area contributed by atoms with E-state index >= 15 is 0 Å². The first-order chi connectivity index (χ1) is 11.8. The molecule has 2 aromatic carbocycles. The van der Waals surface area contributed by atoms with Crippen LogP contribution in [-0.4, -0.2) is 13.4 Å². The number of benzene rings is 2. The Kier molecular flexibility index (Phi) is 4.43. The molecule has 1 aromatic heterocycles. The van der Waals surface area contributed by atoms with Crippen LogP contribution in [0.15, 0.2) is 70.5 Å². The van der Waals surface area contributed by atoms with Crippen LogP contribution in [-0.2, 0) is 10.0 Å². The monoisotopic (exact) mass is 356 g/mol. The molecule has 0 amide bonds. The third kappa shape index (κ3) is 3.78. The van der Waals surface area contributed by atoms with E-state index in [4.69, 9.17) is 9.88 Å². The summed E-state index contributed by atoms with van der Waals surface area (Å²) in [6.07, 6.45) is 1.51. The van der Waals surface area contributed by atoms with Crippen molar-refractivity contribution in [1.82, 2.24) is 4.98 Å². The second-order valence-electron chi connectivity index (χ2n) is 5.52. The van der Waals surface area contributed by atoms with Gasteiger partial charge in [-0.25, -0.2) is 13.6 Å². The van der Waals surface area contributed by atoms with Gasteiger partial charge in [0.05, 0.1) is 4.90 Å². The van der Waals surface area contributed by atoms with Crippen LogP contribution in [0.5, 0.6) is 11.5 Å². The Labute approximate surface area is 145 Å². The number of nitrogens with two attached hydrogens (primary N) is 1. The highest BCUT2D eigenvalue weighted by Crippen LogP contribution is 2.34. The van der Waals surface area contributed by atoms with Crippen molar-refractivity contribution in [2.75, 3.05) is 0 Å². The number of aromatic nitrogens is 1. The smallest absolute Gasteiger partial charge is 0.250 e. The van der Waals surface area contributed by atoms with Gasteiger partial charge in [0.1, 0.15) is 11.5 Å². The molecule has 0 fully saturated rings. The summed E-state index contributed by atoms with van der Waals surface area (Å²) < 4.78 is 29.2. The van der Waals surface area contributed by atoms with E-state index in [2.05, 4.69) is 4.98 Å². The number of primary sulfonamides is 1. The first-order valence-corrected chi connectivity index (χ1v) is 8.99. The second kappa shape index (κ2) is 6.54. The number of pyridine rings is 1. The lowest BCUT2D eigenvalue weighted by Gasteiger charge is -2.13. The van der Waals surface area contributed by atoms with Gasteiger partial charge < -0.3 is 9.72 Å². The van der Waals surface area contributed by atoms with E-state index in [9.17, 15) is 13.2 Å². The average molecular weight is 356 g/mol. The van der Waals surface area contributed by atoms with Crippen LogP contribution in [0.2, 0.25) is 0 Å². The number of H-pyrrole nitrogens is 1. The molecule has 0 saturated carbocycles. The molecule has 3 rings (SSSR count). The fraction of sp³-hybridized carbons (Fsp3) is 0.0556. The zero-order valence-corrected chi connectivity index (χ0v) is 14.2. The van der Waals surface area contributed by atoms with Crippen LogP contribution in [0.3, 0.4) is 0 Å². The van der Waals surface area contributed by atoms with E-state index in [-0.39, 0.29) is 10.5 Å². The van der Waals surface area contributed by atoms with Gasteiger partial charge >= 0.3 is 0 Å². The molecular weight excluding hydrogens is 340 g/mol. The summed E-state index contributed by atoms with van der Waals surface area (Å²) in [5, 5.41) is 5.23. The minimum atomic E-state index is -3.87. The highest BCUT2D eigenvalue weighted by Gasteiger charge is 2.15. The quantitative estimate of drug-likeness (QED) is 0.750.